The molecule has 1 atom stereocenters. The van der Waals surface area contributed by atoms with Crippen LogP contribution in [0.25, 0.3) is 0 Å². The van der Waals surface area contributed by atoms with E-state index in [0.29, 0.717) is 12.8 Å². The van der Waals surface area contributed by atoms with Gasteiger partial charge in [-0.25, -0.2) is 8.42 Å². The minimum Gasteiger partial charge on any atom is -0.322 e. The smallest absolute Gasteiger partial charge is 0.147 e. The molecule has 5 heteroatoms. The van der Waals surface area contributed by atoms with Crippen molar-refractivity contribution >= 4 is 25.8 Å². The molecule has 1 rings (SSSR count). The van der Waals surface area contributed by atoms with E-state index in [0.717, 1.165) is 10.0 Å². The SMILES string of the molecule is CC(N)(CCCS(C)(=O)=O)c1ccc(Br)cc1. The molecular weight excluding hydrogens is 302 g/mol. The van der Waals surface area contributed by atoms with Crippen molar-refractivity contribution < 1.29 is 8.42 Å². The fraction of sp³-hybridized carbons (Fsp3) is 0.500. The topological polar surface area (TPSA) is 60.2 Å². The molecule has 96 valence electrons. The summed E-state index contributed by atoms with van der Waals surface area (Å²) in [5.41, 5.74) is 6.75. The molecule has 0 aromatic heterocycles. The largest absolute Gasteiger partial charge is 0.322 e. The highest BCUT2D eigenvalue weighted by Gasteiger charge is 2.21. The monoisotopic (exact) mass is 319 g/mol. The molecule has 0 aliphatic carbocycles. The normalized spacial score (nSPS) is 15.5. The predicted octanol–water partition coefficient (Wildman–Crippen LogP) is 2.45. The zero-order chi connectivity index (χ0) is 13.1. The van der Waals surface area contributed by atoms with Gasteiger partial charge in [-0.3, -0.25) is 0 Å². The third-order valence-corrected chi connectivity index (χ3v) is 4.27. The summed E-state index contributed by atoms with van der Waals surface area (Å²) in [7, 11) is -2.90. The van der Waals surface area contributed by atoms with E-state index < -0.39 is 15.4 Å². The number of benzene rings is 1. The molecule has 0 radical (unpaired) electrons. The maximum absolute atomic E-state index is 11.1. The fourth-order valence-corrected chi connectivity index (χ4v) is 2.61. The molecule has 17 heavy (non-hydrogen) atoms. The van der Waals surface area contributed by atoms with Crippen LogP contribution in [-0.4, -0.2) is 20.4 Å². The molecule has 0 aliphatic rings. The minimum absolute atomic E-state index is 0.191. The van der Waals surface area contributed by atoms with Gasteiger partial charge >= 0.3 is 0 Å². The van der Waals surface area contributed by atoms with E-state index in [1.165, 1.54) is 6.26 Å². The molecule has 1 aromatic carbocycles. The number of hydrogen-bond donors (Lipinski definition) is 1. The van der Waals surface area contributed by atoms with Crippen molar-refractivity contribution in [2.24, 2.45) is 5.73 Å². The highest BCUT2D eigenvalue weighted by atomic mass is 79.9. The number of sulfone groups is 1. The van der Waals surface area contributed by atoms with Crippen molar-refractivity contribution in [3.8, 4) is 0 Å². The van der Waals surface area contributed by atoms with E-state index >= 15 is 0 Å². The minimum atomic E-state index is -2.90. The maximum atomic E-state index is 11.1. The molecule has 0 saturated heterocycles. The van der Waals surface area contributed by atoms with Crippen LogP contribution in [-0.2, 0) is 15.4 Å². The molecule has 0 heterocycles. The molecule has 0 spiro atoms. The van der Waals surface area contributed by atoms with Crippen molar-refractivity contribution in [2.45, 2.75) is 25.3 Å². The van der Waals surface area contributed by atoms with Gasteiger partial charge in [-0.15, -0.1) is 0 Å². The van der Waals surface area contributed by atoms with Crippen LogP contribution in [0.15, 0.2) is 28.7 Å². The summed E-state index contributed by atoms with van der Waals surface area (Å²) >= 11 is 3.37. The van der Waals surface area contributed by atoms with E-state index in [1.54, 1.807) is 0 Å². The number of nitrogens with two attached hydrogens (primary N) is 1. The van der Waals surface area contributed by atoms with Gasteiger partial charge in [-0.2, -0.15) is 0 Å². The van der Waals surface area contributed by atoms with Gasteiger partial charge in [0.25, 0.3) is 0 Å². The van der Waals surface area contributed by atoms with E-state index in [4.69, 9.17) is 5.73 Å². The molecule has 1 aromatic rings. The average molecular weight is 320 g/mol. The predicted molar refractivity (Wildman–Crippen MR) is 74.6 cm³/mol. The molecule has 0 fully saturated rings. The van der Waals surface area contributed by atoms with Crippen molar-refractivity contribution in [1.29, 1.82) is 0 Å². The second kappa shape index (κ2) is 5.50. The highest BCUT2D eigenvalue weighted by Crippen LogP contribution is 2.24. The Morgan fingerprint density at radius 3 is 2.29 bits per heavy atom. The molecule has 0 saturated carbocycles. The lowest BCUT2D eigenvalue weighted by atomic mass is 9.89. The van der Waals surface area contributed by atoms with Gasteiger partial charge in [0, 0.05) is 22.0 Å². The Hall–Kier alpha value is -0.390. The Bertz CT molecular complexity index is 466. The van der Waals surface area contributed by atoms with Gasteiger partial charge in [0.2, 0.25) is 0 Å². The lowest BCUT2D eigenvalue weighted by molar-refractivity contribution is 0.446. The van der Waals surface area contributed by atoms with Crippen molar-refractivity contribution in [2.75, 3.05) is 12.0 Å². The van der Waals surface area contributed by atoms with Gasteiger partial charge in [-0.1, -0.05) is 28.1 Å². The van der Waals surface area contributed by atoms with E-state index in [2.05, 4.69) is 15.9 Å². The Labute approximate surface area is 111 Å². The number of halogens is 1. The van der Waals surface area contributed by atoms with Crippen LogP contribution in [0.2, 0.25) is 0 Å². The van der Waals surface area contributed by atoms with Crippen molar-refractivity contribution in [3.05, 3.63) is 34.3 Å². The van der Waals surface area contributed by atoms with Crippen LogP contribution in [0.1, 0.15) is 25.3 Å². The second-order valence-electron chi connectivity index (χ2n) is 4.66. The molecule has 3 nitrogen and oxygen atoms in total. The summed E-state index contributed by atoms with van der Waals surface area (Å²) in [6, 6.07) is 7.81. The summed E-state index contributed by atoms with van der Waals surface area (Å²) in [5.74, 6) is 0.191. The third kappa shape index (κ3) is 5.19. The summed E-state index contributed by atoms with van der Waals surface area (Å²) in [6.07, 6.45) is 2.49. The zero-order valence-electron chi connectivity index (χ0n) is 10.1. The maximum Gasteiger partial charge on any atom is 0.147 e. The fourth-order valence-electron chi connectivity index (χ4n) is 1.68. The Morgan fingerprint density at radius 1 is 1.29 bits per heavy atom. The molecule has 0 amide bonds. The van der Waals surface area contributed by atoms with Gasteiger partial charge in [0.15, 0.2) is 0 Å². The lowest BCUT2D eigenvalue weighted by Gasteiger charge is -2.25. The highest BCUT2D eigenvalue weighted by molar-refractivity contribution is 9.10. The number of rotatable bonds is 5. The van der Waals surface area contributed by atoms with Crippen LogP contribution >= 0.6 is 15.9 Å². The van der Waals surface area contributed by atoms with E-state index in [1.807, 2.05) is 31.2 Å². The van der Waals surface area contributed by atoms with Crippen molar-refractivity contribution in [1.82, 2.24) is 0 Å². The third-order valence-electron chi connectivity index (χ3n) is 2.71. The zero-order valence-corrected chi connectivity index (χ0v) is 12.5. The lowest BCUT2D eigenvalue weighted by Crippen LogP contribution is -2.33. The van der Waals surface area contributed by atoms with Crippen LogP contribution in [0.5, 0.6) is 0 Å². The summed E-state index contributed by atoms with van der Waals surface area (Å²) < 4.78 is 23.1. The molecule has 0 bridgehead atoms. The first kappa shape index (κ1) is 14.7. The number of hydrogen-bond acceptors (Lipinski definition) is 3. The van der Waals surface area contributed by atoms with Gasteiger partial charge < -0.3 is 5.73 Å². The van der Waals surface area contributed by atoms with E-state index in [9.17, 15) is 8.42 Å². The second-order valence-corrected chi connectivity index (χ2v) is 7.83. The Balaban J connectivity index is 2.65. The first-order valence-corrected chi connectivity index (χ1v) is 8.29. The summed E-state index contributed by atoms with van der Waals surface area (Å²) in [5, 5.41) is 0. The Kier molecular flexibility index (Phi) is 4.75. The molecular formula is C12H18BrNO2S. The van der Waals surface area contributed by atoms with Crippen LogP contribution < -0.4 is 5.73 Å². The quantitative estimate of drug-likeness (QED) is 0.906. The first-order valence-electron chi connectivity index (χ1n) is 5.43. The molecule has 2 N–H and O–H groups in total. The summed E-state index contributed by atoms with van der Waals surface area (Å²) in [6.45, 7) is 1.93. The van der Waals surface area contributed by atoms with E-state index in [-0.39, 0.29) is 5.75 Å². The summed E-state index contributed by atoms with van der Waals surface area (Å²) in [4.78, 5) is 0. The van der Waals surface area contributed by atoms with Crippen LogP contribution in [0.3, 0.4) is 0 Å². The average Bonchev–Trinajstić information content (AvgIpc) is 2.15. The Morgan fingerprint density at radius 2 is 1.82 bits per heavy atom. The van der Waals surface area contributed by atoms with Gasteiger partial charge in [-0.05, 0) is 37.5 Å². The standard InChI is InChI=1S/C12H18BrNO2S/c1-12(14,8-3-9-17(2,15)16)10-4-6-11(13)7-5-10/h4-7H,3,8-9,14H2,1-2H3. The van der Waals surface area contributed by atoms with Gasteiger partial charge in [0.05, 0.1) is 0 Å². The van der Waals surface area contributed by atoms with Crippen molar-refractivity contribution in [3.63, 3.8) is 0 Å². The first-order chi connectivity index (χ1) is 7.71. The van der Waals surface area contributed by atoms with Crippen LogP contribution in [0, 0.1) is 0 Å². The van der Waals surface area contributed by atoms with Crippen LogP contribution in [0.4, 0.5) is 0 Å². The molecule has 1 unspecified atom stereocenters. The molecule has 0 aliphatic heterocycles. The van der Waals surface area contributed by atoms with Gasteiger partial charge in [0.1, 0.15) is 9.84 Å².